The molecule has 19 heavy (non-hydrogen) atoms. The fraction of sp³-hybridized carbons (Fsp3) is 1.00. The van der Waals surface area contributed by atoms with Crippen LogP contribution in [0, 0.1) is 0 Å². The second kappa shape index (κ2) is 8.15. The molecule has 0 saturated heterocycles. The zero-order valence-corrected chi connectivity index (χ0v) is 15.7. The molecule has 0 aliphatic rings. The van der Waals surface area contributed by atoms with Crippen molar-refractivity contribution in [3.63, 3.8) is 0 Å². The number of hydrogen-bond donors (Lipinski definition) is 1. The van der Waals surface area contributed by atoms with Gasteiger partial charge >= 0.3 is 0 Å². The van der Waals surface area contributed by atoms with Crippen LogP contribution in [0.15, 0.2) is 0 Å². The Labute approximate surface area is 126 Å². The van der Waals surface area contributed by atoms with Gasteiger partial charge in [-0.1, -0.05) is 79.0 Å². The third-order valence-corrected chi connectivity index (χ3v) is 13.2. The van der Waals surface area contributed by atoms with Crippen LogP contribution in [0.5, 0.6) is 0 Å². The van der Waals surface area contributed by atoms with Crippen molar-refractivity contribution in [3.05, 3.63) is 0 Å². The topological polar surface area (TPSA) is 20.2 Å². The van der Waals surface area contributed by atoms with Crippen molar-refractivity contribution >= 4 is 17.8 Å². The SMILES string of the molecule is CC(C)(C)P(=S)(CCCCCCCCO)C(C)(C)C. The van der Waals surface area contributed by atoms with Crippen molar-refractivity contribution < 1.29 is 5.11 Å². The third kappa shape index (κ3) is 6.27. The largest absolute Gasteiger partial charge is 0.396 e. The molecule has 0 amide bonds. The second-order valence-electron chi connectivity index (χ2n) is 7.65. The van der Waals surface area contributed by atoms with E-state index in [-0.39, 0.29) is 10.3 Å². The fourth-order valence-electron chi connectivity index (χ4n) is 2.83. The first-order valence-electron chi connectivity index (χ1n) is 7.76. The number of aliphatic hydroxyl groups excluding tert-OH is 1. The molecular weight excluding hydrogens is 271 g/mol. The van der Waals surface area contributed by atoms with Crippen LogP contribution in [0.2, 0.25) is 0 Å². The van der Waals surface area contributed by atoms with E-state index in [0.29, 0.717) is 6.61 Å². The highest BCUT2D eigenvalue weighted by molar-refractivity contribution is 8.16. The Morgan fingerprint density at radius 1 is 0.737 bits per heavy atom. The molecule has 0 heterocycles. The highest BCUT2D eigenvalue weighted by Crippen LogP contribution is 2.67. The number of aliphatic hydroxyl groups is 1. The molecule has 0 bridgehead atoms. The van der Waals surface area contributed by atoms with Gasteiger partial charge in [-0.25, -0.2) is 0 Å². The van der Waals surface area contributed by atoms with Crippen LogP contribution in [-0.2, 0) is 11.8 Å². The summed E-state index contributed by atoms with van der Waals surface area (Å²) in [5.41, 5.74) is 0. The van der Waals surface area contributed by atoms with Crippen molar-refractivity contribution in [2.24, 2.45) is 0 Å². The maximum absolute atomic E-state index is 8.75. The van der Waals surface area contributed by atoms with Gasteiger partial charge in [-0.05, 0) is 35.4 Å². The standard InChI is InChI=1S/C16H35OPS/c1-15(2,3)18(19,16(4,5)6)14-12-10-8-7-9-11-13-17/h17H,7-14H2,1-6H3. The van der Waals surface area contributed by atoms with Crippen LogP contribution in [0.4, 0.5) is 0 Å². The monoisotopic (exact) mass is 306 g/mol. The summed E-state index contributed by atoms with van der Waals surface area (Å²) >= 11 is 6.17. The Kier molecular flexibility index (Phi) is 8.41. The van der Waals surface area contributed by atoms with E-state index in [1.165, 1.54) is 38.3 Å². The highest BCUT2D eigenvalue weighted by Gasteiger charge is 2.40. The molecule has 1 N–H and O–H groups in total. The van der Waals surface area contributed by atoms with Gasteiger partial charge in [0.2, 0.25) is 0 Å². The molecule has 0 unspecified atom stereocenters. The minimum absolute atomic E-state index is 0.275. The Bertz CT molecular complexity index is 268. The van der Waals surface area contributed by atoms with Gasteiger partial charge in [0.05, 0.1) is 0 Å². The summed E-state index contributed by atoms with van der Waals surface area (Å²) in [6.07, 6.45) is 8.51. The Hall–Kier alpha value is 0.610. The van der Waals surface area contributed by atoms with Crippen LogP contribution in [0.3, 0.4) is 0 Å². The molecule has 0 rings (SSSR count). The van der Waals surface area contributed by atoms with E-state index in [0.717, 1.165) is 6.42 Å². The molecule has 3 heteroatoms. The average molecular weight is 306 g/mol. The predicted molar refractivity (Wildman–Crippen MR) is 93.4 cm³/mol. The Balaban J connectivity index is 4.22. The minimum Gasteiger partial charge on any atom is -0.396 e. The van der Waals surface area contributed by atoms with Gasteiger partial charge < -0.3 is 5.11 Å². The van der Waals surface area contributed by atoms with E-state index >= 15 is 0 Å². The molecule has 0 atom stereocenters. The molecule has 0 aromatic carbocycles. The van der Waals surface area contributed by atoms with Crippen molar-refractivity contribution in [1.82, 2.24) is 0 Å². The molecule has 0 aliphatic carbocycles. The zero-order chi connectivity index (χ0) is 15.2. The maximum Gasteiger partial charge on any atom is 0.0431 e. The summed E-state index contributed by atoms with van der Waals surface area (Å²) < 4.78 is 0. The Morgan fingerprint density at radius 3 is 1.47 bits per heavy atom. The van der Waals surface area contributed by atoms with E-state index in [1.54, 1.807) is 0 Å². The normalized spacial score (nSPS) is 13.8. The first-order valence-corrected chi connectivity index (χ1v) is 10.7. The third-order valence-electron chi connectivity index (χ3n) is 4.05. The molecule has 1 nitrogen and oxygen atoms in total. The van der Waals surface area contributed by atoms with Crippen LogP contribution in [0.1, 0.15) is 80.1 Å². The molecular formula is C16H35OPS. The van der Waals surface area contributed by atoms with Gasteiger partial charge in [0, 0.05) is 6.61 Å². The van der Waals surface area contributed by atoms with Gasteiger partial charge in [-0.3, -0.25) is 0 Å². The molecule has 0 fully saturated rings. The highest BCUT2D eigenvalue weighted by atomic mass is 32.4. The van der Waals surface area contributed by atoms with Gasteiger partial charge in [-0.15, -0.1) is 0 Å². The molecule has 0 radical (unpaired) electrons. The van der Waals surface area contributed by atoms with E-state index in [1.807, 2.05) is 0 Å². The first kappa shape index (κ1) is 19.6. The zero-order valence-electron chi connectivity index (χ0n) is 14.0. The molecule has 0 aliphatic heterocycles. The lowest BCUT2D eigenvalue weighted by atomic mass is 10.1. The lowest BCUT2D eigenvalue weighted by Crippen LogP contribution is -2.30. The summed E-state index contributed by atoms with van der Waals surface area (Å²) in [6.45, 7) is 14.3. The molecule has 0 spiro atoms. The van der Waals surface area contributed by atoms with Crippen molar-refractivity contribution in [1.29, 1.82) is 0 Å². The van der Waals surface area contributed by atoms with E-state index in [2.05, 4.69) is 41.5 Å². The molecule has 0 aromatic rings. The number of rotatable bonds is 8. The lowest BCUT2D eigenvalue weighted by molar-refractivity contribution is 0.282. The average Bonchev–Trinajstić information content (AvgIpc) is 2.24. The van der Waals surface area contributed by atoms with Crippen molar-refractivity contribution in [3.8, 4) is 0 Å². The maximum atomic E-state index is 8.75. The quantitative estimate of drug-likeness (QED) is 0.479. The van der Waals surface area contributed by atoms with Crippen LogP contribution < -0.4 is 0 Å². The smallest absolute Gasteiger partial charge is 0.0431 e. The summed E-state index contributed by atoms with van der Waals surface area (Å²) in [5.74, 6) is 0. The van der Waals surface area contributed by atoms with E-state index in [4.69, 9.17) is 16.9 Å². The summed E-state index contributed by atoms with van der Waals surface area (Å²) in [4.78, 5) is 0. The van der Waals surface area contributed by atoms with Gasteiger partial charge in [0.15, 0.2) is 0 Å². The number of hydrogen-bond acceptors (Lipinski definition) is 2. The van der Waals surface area contributed by atoms with Gasteiger partial charge in [0.1, 0.15) is 0 Å². The van der Waals surface area contributed by atoms with E-state index in [9.17, 15) is 0 Å². The minimum atomic E-state index is -1.36. The summed E-state index contributed by atoms with van der Waals surface area (Å²) in [6, 6.07) is -1.36. The summed E-state index contributed by atoms with van der Waals surface area (Å²) in [5, 5.41) is 9.30. The first-order chi connectivity index (χ1) is 8.56. The van der Waals surface area contributed by atoms with Gasteiger partial charge in [0.25, 0.3) is 0 Å². The second-order valence-corrected chi connectivity index (χ2v) is 14.1. The Morgan fingerprint density at radius 2 is 1.11 bits per heavy atom. The van der Waals surface area contributed by atoms with Crippen LogP contribution in [-0.4, -0.2) is 28.2 Å². The molecule has 0 aromatic heterocycles. The number of unbranched alkanes of at least 4 members (excludes halogenated alkanes) is 5. The summed E-state index contributed by atoms with van der Waals surface area (Å²) in [7, 11) is 0. The molecule has 116 valence electrons. The van der Waals surface area contributed by atoms with Crippen molar-refractivity contribution in [2.75, 3.05) is 12.8 Å². The van der Waals surface area contributed by atoms with Crippen molar-refractivity contribution in [2.45, 2.75) is 90.4 Å². The lowest BCUT2D eigenvalue weighted by Gasteiger charge is -2.45. The van der Waals surface area contributed by atoms with Crippen LogP contribution >= 0.6 is 6.04 Å². The predicted octanol–water partition coefficient (Wildman–Crippen LogP) is 5.40. The van der Waals surface area contributed by atoms with E-state index < -0.39 is 6.04 Å². The van der Waals surface area contributed by atoms with Crippen LogP contribution in [0.25, 0.3) is 0 Å². The fourth-order valence-corrected chi connectivity index (χ4v) is 7.24. The molecule has 0 saturated carbocycles. The van der Waals surface area contributed by atoms with Gasteiger partial charge in [-0.2, -0.15) is 0 Å².